The molecule has 1 N–H and O–H groups in total. The summed E-state index contributed by atoms with van der Waals surface area (Å²) in [4.78, 5) is 0. The van der Waals surface area contributed by atoms with Crippen molar-refractivity contribution in [2.24, 2.45) is 0 Å². The minimum atomic E-state index is 0.210. The Labute approximate surface area is 117 Å². The second kappa shape index (κ2) is 5.17. The number of rotatable bonds is 3. The van der Waals surface area contributed by atoms with Gasteiger partial charge in [0.2, 0.25) is 0 Å². The fourth-order valence-corrected chi connectivity index (χ4v) is 2.61. The number of nitriles is 1. The van der Waals surface area contributed by atoms with Crippen molar-refractivity contribution >= 4 is 5.82 Å². The lowest BCUT2D eigenvalue weighted by atomic mass is 10.1. The maximum Gasteiger partial charge on any atom is 0.163 e. The van der Waals surface area contributed by atoms with Crippen molar-refractivity contribution in [2.45, 2.75) is 18.9 Å². The van der Waals surface area contributed by atoms with E-state index in [1.54, 1.807) is 19.2 Å². The first-order chi connectivity index (χ1) is 9.81. The van der Waals surface area contributed by atoms with Gasteiger partial charge in [0.25, 0.3) is 0 Å². The highest BCUT2D eigenvalue weighted by molar-refractivity contribution is 5.49. The van der Waals surface area contributed by atoms with E-state index in [0.717, 1.165) is 18.6 Å². The molecule has 1 unspecified atom stereocenters. The van der Waals surface area contributed by atoms with Gasteiger partial charge in [-0.05, 0) is 42.2 Å². The van der Waals surface area contributed by atoms with E-state index in [0.29, 0.717) is 11.5 Å². The van der Waals surface area contributed by atoms with Crippen LogP contribution in [0.5, 0.6) is 5.75 Å². The predicted molar refractivity (Wildman–Crippen MR) is 74.4 cm³/mol. The van der Waals surface area contributed by atoms with Crippen LogP contribution in [0.25, 0.3) is 0 Å². The Balaban J connectivity index is 1.83. The van der Waals surface area contributed by atoms with Gasteiger partial charge in [0.1, 0.15) is 17.6 Å². The summed E-state index contributed by atoms with van der Waals surface area (Å²) in [5.74, 6) is 1.63. The highest BCUT2D eigenvalue weighted by Gasteiger charge is 2.25. The highest BCUT2D eigenvalue weighted by atomic mass is 16.5. The van der Waals surface area contributed by atoms with Crippen molar-refractivity contribution in [1.29, 1.82) is 5.26 Å². The summed E-state index contributed by atoms with van der Waals surface area (Å²) in [7, 11) is 1.70. The van der Waals surface area contributed by atoms with E-state index >= 15 is 0 Å². The molecule has 0 saturated heterocycles. The van der Waals surface area contributed by atoms with Crippen LogP contribution in [0.3, 0.4) is 0 Å². The highest BCUT2D eigenvalue weighted by Crippen LogP contribution is 2.38. The molecule has 1 aromatic heterocycles. The molecule has 1 heterocycles. The van der Waals surface area contributed by atoms with Crippen molar-refractivity contribution in [3.8, 4) is 11.8 Å². The Hall–Kier alpha value is -2.61. The Morgan fingerprint density at radius 1 is 1.30 bits per heavy atom. The first-order valence-corrected chi connectivity index (χ1v) is 6.48. The monoisotopic (exact) mass is 266 g/mol. The maximum atomic E-state index is 8.71. The number of methoxy groups -OCH3 is 1. The van der Waals surface area contributed by atoms with E-state index in [9.17, 15) is 0 Å². The van der Waals surface area contributed by atoms with Crippen LogP contribution >= 0.6 is 0 Å². The molecule has 20 heavy (non-hydrogen) atoms. The normalized spacial score (nSPS) is 16.3. The lowest BCUT2D eigenvalue weighted by Gasteiger charge is -2.14. The number of nitrogens with one attached hydrogen (secondary N) is 1. The summed E-state index contributed by atoms with van der Waals surface area (Å²) < 4.78 is 5.39. The topological polar surface area (TPSA) is 70.8 Å². The lowest BCUT2D eigenvalue weighted by molar-refractivity contribution is 0.410. The number of ether oxygens (including phenoxy) is 1. The standard InChI is InChI=1S/C15H14N4O/c1-20-14-4-2-3-11-12(14)6-7-13(11)17-15-8-5-10(9-16)18-19-15/h2-5,8,13H,6-7H2,1H3,(H,17,19). The van der Waals surface area contributed by atoms with Crippen molar-refractivity contribution in [3.63, 3.8) is 0 Å². The summed E-state index contributed by atoms with van der Waals surface area (Å²) in [5, 5.41) is 19.9. The largest absolute Gasteiger partial charge is 0.496 e. The number of benzene rings is 1. The number of nitrogens with zero attached hydrogens (tertiary/aromatic N) is 3. The summed E-state index contributed by atoms with van der Waals surface area (Å²) in [6.45, 7) is 0. The first-order valence-electron chi connectivity index (χ1n) is 6.48. The molecule has 0 bridgehead atoms. The second-order valence-corrected chi connectivity index (χ2v) is 4.68. The molecule has 1 aliphatic carbocycles. The third kappa shape index (κ3) is 2.16. The van der Waals surface area contributed by atoms with Crippen LogP contribution in [0.15, 0.2) is 30.3 Å². The molecule has 0 fully saturated rings. The van der Waals surface area contributed by atoms with Gasteiger partial charge in [0.05, 0.1) is 13.2 Å². The van der Waals surface area contributed by atoms with Gasteiger partial charge in [-0.2, -0.15) is 5.26 Å². The molecule has 1 atom stereocenters. The van der Waals surface area contributed by atoms with E-state index in [1.807, 2.05) is 18.2 Å². The molecule has 0 radical (unpaired) electrons. The number of hydrogen-bond acceptors (Lipinski definition) is 5. The SMILES string of the molecule is COc1cccc2c1CCC2Nc1ccc(C#N)nn1. The van der Waals surface area contributed by atoms with Crippen molar-refractivity contribution < 1.29 is 4.74 Å². The first kappa shape index (κ1) is 12.4. The van der Waals surface area contributed by atoms with Crippen LogP contribution < -0.4 is 10.1 Å². The predicted octanol–water partition coefficient (Wildman–Crippen LogP) is 2.46. The van der Waals surface area contributed by atoms with Crippen LogP contribution in [0.1, 0.15) is 29.3 Å². The fourth-order valence-electron chi connectivity index (χ4n) is 2.61. The minimum Gasteiger partial charge on any atom is -0.496 e. The molecule has 5 heteroatoms. The summed E-state index contributed by atoms with van der Waals surface area (Å²) in [5.41, 5.74) is 2.83. The number of anilines is 1. The molecule has 5 nitrogen and oxygen atoms in total. The van der Waals surface area contributed by atoms with Crippen molar-refractivity contribution in [1.82, 2.24) is 10.2 Å². The molecule has 1 aromatic carbocycles. The molecule has 0 aliphatic heterocycles. The van der Waals surface area contributed by atoms with Gasteiger partial charge in [-0.25, -0.2) is 0 Å². The van der Waals surface area contributed by atoms with Gasteiger partial charge in [0, 0.05) is 0 Å². The Bertz CT molecular complexity index is 661. The van der Waals surface area contributed by atoms with E-state index < -0.39 is 0 Å². The van der Waals surface area contributed by atoms with E-state index in [-0.39, 0.29) is 6.04 Å². The smallest absolute Gasteiger partial charge is 0.163 e. The zero-order chi connectivity index (χ0) is 13.9. The zero-order valence-corrected chi connectivity index (χ0v) is 11.1. The molecule has 2 aromatic rings. The zero-order valence-electron chi connectivity index (χ0n) is 11.1. The summed E-state index contributed by atoms with van der Waals surface area (Å²) >= 11 is 0. The van der Waals surface area contributed by atoms with Crippen molar-refractivity contribution in [3.05, 3.63) is 47.2 Å². The molecule has 0 amide bonds. The summed E-state index contributed by atoms with van der Waals surface area (Å²) in [6, 6.07) is 11.7. The number of fused-ring (bicyclic) bond motifs is 1. The van der Waals surface area contributed by atoms with Gasteiger partial charge in [-0.3, -0.25) is 0 Å². The van der Waals surface area contributed by atoms with E-state index in [4.69, 9.17) is 10.00 Å². The molecule has 1 aliphatic rings. The molecule has 3 rings (SSSR count). The van der Waals surface area contributed by atoms with Crippen molar-refractivity contribution in [2.75, 3.05) is 12.4 Å². The molecule has 0 spiro atoms. The molecule has 0 saturated carbocycles. The van der Waals surface area contributed by atoms with Crippen LogP contribution in [0, 0.1) is 11.3 Å². The fraction of sp³-hybridized carbons (Fsp3) is 0.267. The van der Waals surface area contributed by atoms with E-state index in [2.05, 4.69) is 21.6 Å². The minimum absolute atomic E-state index is 0.210. The van der Waals surface area contributed by atoms with Gasteiger partial charge < -0.3 is 10.1 Å². The number of aromatic nitrogens is 2. The Morgan fingerprint density at radius 2 is 2.20 bits per heavy atom. The average molecular weight is 266 g/mol. The van der Waals surface area contributed by atoms with Gasteiger partial charge >= 0.3 is 0 Å². The average Bonchev–Trinajstić information content (AvgIpc) is 2.91. The Kier molecular flexibility index (Phi) is 3.21. The quantitative estimate of drug-likeness (QED) is 0.924. The lowest BCUT2D eigenvalue weighted by Crippen LogP contribution is -2.09. The van der Waals surface area contributed by atoms with Crippen LogP contribution in [0.2, 0.25) is 0 Å². The molecular formula is C15H14N4O. The van der Waals surface area contributed by atoms with Gasteiger partial charge in [-0.1, -0.05) is 12.1 Å². The van der Waals surface area contributed by atoms with Gasteiger partial charge in [0.15, 0.2) is 5.69 Å². The molecule has 100 valence electrons. The van der Waals surface area contributed by atoms with Gasteiger partial charge in [-0.15, -0.1) is 10.2 Å². The molecular weight excluding hydrogens is 252 g/mol. The second-order valence-electron chi connectivity index (χ2n) is 4.68. The van der Waals surface area contributed by atoms with Crippen LogP contribution in [-0.4, -0.2) is 17.3 Å². The third-order valence-electron chi connectivity index (χ3n) is 3.55. The number of hydrogen-bond donors (Lipinski definition) is 1. The Morgan fingerprint density at radius 3 is 2.90 bits per heavy atom. The van der Waals surface area contributed by atoms with Crippen LogP contribution in [0.4, 0.5) is 5.82 Å². The van der Waals surface area contributed by atoms with Crippen LogP contribution in [-0.2, 0) is 6.42 Å². The van der Waals surface area contributed by atoms with E-state index in [1.165, 1.54) is 11.1 Å². The third-order valence-corrected chi connectivity index (χ3v) is 3.55. The maximum absolute atomic E-state index is 8.71. The summed E-state index contributed by atoms with van der Waals surface area (Å²) in [6.07, 6.45) is 1.98.